The van der Waals surface area contributed by atoms with Crippen LogP contribution in [-0.2, 0) is 9.59 Å². The van der Waals surface area contributed by atoms with Gasteiger partial charge in [-0.15, -0.1) is 10.2 Å². The van der Waals surface area contributed by atoms with E-state index in [9.17, 15) is 14.4 Å². The molecule has 1 aromatic heterocycles. The first-order chi connectivity index (χ1) is 14.4. The molecule has 8 nitrogen and oxygen atoms in total. The highest BCUT2D eigenvalue weighted by Crippen LogP contribution is 2.26. The van der Waals surface area contributed by atoms with E-state index in [1.807, 2.05) is 0 Å². The van der Waals surface area contributed by atoms with Crippen LogP contribution in [0.15, 0.2) is 57.3 Å². The molecule has 0 saturated heterocycles. The number of nitrogens with one attached hydrogen (secondary N) is 3. The summed E-state index contributed by atoms with van der Waals surface area (Å²) in [6.07, 6.45) is 0. The minimum Gasteiger partial charge on any atom is -0.326 e. The maximum atomic E-state index is 12.2. The Morgan fingerprint density at radius 1 is 1.00 bits per heavy atom. The first kappa shape index (κ1) is 21.9. The second-order valence-corrected chi connectivity index (χ2v) is 9.05. The lowest BCUT2D eigenvalue weighted by Crippen LogP contribution is -2.14. The molecule has 0 aliphatic carbocycles. The van der Waals surface area contributed by atoms with Crippen LogP contribution in [0.1, 0.15) is 17.3 Å². The maximum Gasteiger partial charge on any atom is 0.257 e. The van der Waals surface area contributed by atoms with Crippen molar-refractivity contribution in [1.82, 2.24) is 10.2 Å². The van der Waals surface area contributed by atoms with Crippen molar-refractivity contribution in [1.29, 1.82) is 0 Å². The van der Waals surface area contributed by atoms with Crippen molar-refractivity contribution in [3.63, 3.8) is 0 Å². The summed E-state index contributed by atoms with van der Waals surface area (Å²) < 4.78 is 1.44. The van der Waals surface area contributed by atoms with Crippen LogP contribution in [0.25, 0.3) is 0 Å². The van der Waals surface area contributed by atoms with E-state index in [0.29, 0.717) is 26.4 Å². The van der Waals surface area contributed by atoms with Crippen LogP contribution in [0.5, 0.6) is 0 Å². The molecule has 0 bridgehead atoms. The lowest BCUT2D eigenvalue weighted by Gasteiger charge is -2.07. The molecule has 3 amide bonds. The average Bonchev–Trinajstić information content (AvgIpc) is 3.14. The van der Waals surface area contributed by atoms with Gasteiger partial charge in [-0.2, -0.15) is 0 Å². The van der Waals surface area contributed by atoms with Crippen molar-refractivity contribution in [3.8, 4) is 0 Å². The molecule has 3 N–H and O–H groups in total. The van der Waals surface area contributed by atoms with E-state index in [0.717, 1.165) is 4.47 Å². The summed E-state index contributed by atoms with van der Waals surface area (Å²) in [6, 6.07) is 13.8. The first-order valence-electron chi connectivity index (χ1n) is 8.60. The molecule has 0 aliphatic heterocycles. The zero-order chi connectivity index (χ0) is 21.5. The largest absolute Gasteiger partial charge is 0.326 e. The molecule has 0 saturated carbocycles. The SMILES string of the molecule is CC(=O)Nc1cccc(NC(=O)CSc2nnc(NC(=O)c3ccc(Br)cc3)s2)c1. The molecule has 0 unspecified atom stereocenters. The molecule has 30 heavy (non-hydrogen) atoms. The standard InChI is InChI=1S/C19H16BrN5O3S2/c1-11(26)21-14-3-2-4-15(9-14)22-16(27)10-29-19-25-24-18(30-19)23-17(28)12-5-7-13(20)8-6-12/h2-9H,10H2,1H3,(H,21,26)(H,22,27)(H,23,24,28). The zero-order valence-electron chi connectivity index (χ0n) is 15.6. The van der Waals surface area contributed by atoms with Crippen molar-refractivity contribution in [2.45, 2.75) is 11.3 Å². The number of carbonyl (C=O) groups is 3. The van der Waals surface area contributed by atoms with Crippen LogP contribution in [0.3, 0.4) is 0 Å². The molecule has 3 rings (SSSR count). The second-order valence-electron chi connectivity index (χ2n) is 5.93. The van der Waals surface area contributed by atoms with Gasteiger partial charge in [0.05, 0.1) is 5.75 Å². The number of aromatic nitrogens is 2. The Morgan fingerprint density at radius 3 is 2.40 bits per heavy atom. The summed E-state index contributed by atoms with van der Waals surface area (Å²) in [4.78, 5) is 35.5. The summed E-state index contributed by atoms with van der Waals surface area (Å²) in [5.74, 6) is -0.574. The van der Waals surface area contributed by atoms with Crippen molar-refractivity contribution in [2.24, 2.45) is 0 Å². The quantitative estimate of drug-likeness (QED) is 0.326. The number of amides is 3. The molecule has 0 atom stereocenters. The third-order valence-corrected chi connectivity index (χ3v) is 6.03. The average molecular weight is 506 g/mol. The number of benzene rings is 2. The van der Waals surface area contributed by atoms with Gasteiger partial charge in [0.1, 0.15) is 0 Å². The lowest BCUT2D eigenvalue weighted by atomic mass is 10.2. The van der Waals surface area contributed by atoms with E-state index < -0.39 is 0 Å². The van der Waals surface area contributed by atoms with Crippen LogP contribution >= 0.6 is 39.0 Å². The number of carbonyl (C=O) groups excluding carboxylic acids is 3. The van der Waals surface area contributed by atoms with E-state index >= 15 is 0 Å². The van der Waals surface area contributed by atoms with Crippen LogP contribution < -0.4 is 16.0 Å². The van der Waals surface area contributed by atoms with Crippen LogP contribution in [-0.4, -0.2) is 33.7 Å². The van der Waals surface area contributed by atoms with Gasteiger partial charge in [-0.3, -0.25) is 19.7 Å². The van der Waals surface area contributed by atoms with Gasteiger partial charge in [-0.1, -0.05) is 45.1 Å². The van der Waals surface area contributed by atoms with Gasteiger partial charge in [0.25, 0.3) is 5.91 Å². The van der Waals surface area contributed by atoms with E-state index in [1.165, 1.54) is 30.0 Å². The highest BCUT2D eigenvalue weighted by molar-refractivity contribution is 9.10. The van der Waals surface area contributed by atoms with Crippen molar-refractivity contribution in [3.05, 3.63) is 58.6 Å². The molecule has 1 heterocycles. The molecule has 0 fully saturated rings. The number of hydrogen-bond donors (Lipinski definition) is 3. The molecule has 11 heteroatoms. The molecule has 0 aliphatic rings. The summed E-state index contributed by atoms with van der Waals surface area (Å²) in [7, 11) is 0. The van der Waals surface area contributed by atoms with E-state index in [-0.39, 0.29) is 23.5 Å². The number of halogens is 1. The Morgan fingerprint density at radius 2 is 1.70 bits per heavy atom. The molecule has 154 valence electrons. The minimum absolute atomic E-state index is 0.125. The maximum absolute atomic E-state index is 12.2. The van der Waals surface area contributed by atoms with Gasteiger partial charge in [-0.25, -0.2) is 0 Å². The van der Waals surface area contributed by atoms with Gasteiger partial charge in [-0.05, 0) is 42.5 Å². The van der Waals surface area contributed by atoms with Gasteiger partial charge < -0.3 is 10.6 Å². The summed E-state index contributed by atoms with van der Waals surface area (Å²) >= 11 is 5.73. The highest BCUT2D eigenvalue weighted by atomic mass is 79.9. The van der Waals surface area contributed by atoms with Crippen molar-refractivity contribution >= 4 is 73.3 Å². The van der Waals surface area contributed by atoms with Crippen LogP contribution in [0.2, 0.25) is 0 Å². The number of nitrogens with zero attached hydrogens (tertiary/aromatic N) is 2. The summed E-state index contributed by atoms with van der Waals surface area (Å²) in [5.41, 5.74) is 1.68. The van der Waals surface area contributed by atoms with E-state index in [1.54, 1.807) is 48.5 Å². The van der Waals surface area contributed by atoms with E-state index in [4.69, 9.17) is 0 Å². The third kappa shape index (κ3) is 6.65. The highest BCUT2D eigenvalue weighted by Gasteiger charge is 2.12. The fourth-order valence-electron chi connectivity index (χ4n) is 2.29. The Kier molecular flexibility index (Phi) is 7.55. The van der Waals surface area contributed by atoms with Gasteiger partial charge in [0.15, 0.2) is 4.34 Å². The smallest absolute Gasteiger partial charge is 0.257 e. The third-order valence-electron chi connectivity index (χ3n) is 3.53. The Hall–Kier alpha value is -2.76. The number of thioether (sulfide) groups is 1. The van der Waals surface area contributed by atoms with Crippen LogP contribution in [0, 0.1) is 0 Å². The fraction of sp³-hybridized carbons (Fsp3) is 0.105. The fourth-order valence-corrected chi connectivity index (χ4v) is 4.10. The number of anilines is 3. The normalized spacial score (nSPS) is 10.3. The van der Waals surface area contributed by atoms with Crippen LogP contribution in [0.4, 0.5) is 16.5 Å². The lowest BCUT2D eigenvalue weighted by molar-refractivity contribution is -0.114. The molecule has 3 aromatic rings. The second kappa shape index (κ2) is 10.3. The number of rotatable bonds is 7. The van der Waals surface area contributed by atoms with Gasteiger partial charge in [0, 0.05) is 28.3 Å². The number of hydrogen-bond acceptors (Lipinski definition) is 7. The first-order valence-corrected chi connectivity index (χ1v) is 11.2. The molecule has 0 radical (unpaired) electrons. The minimum atomic E-state index is -0.285. The molecule has 2 aromatic carbocycles. The van der Waals surface area contributed by atoms with E-state index in [2.05, 4.69) is 42.1 Å². The van der Waals surface area contributed by atoms with Gasteiger partial charge >= 0.3 is 0 Å². The Labute approximate surface area is 189 Å². The molecule has 0 spiro atoms. The van der Waals surface area contributed by atoms with Gasteiger partial charge in [0.2, 0.25) is 16.9 Å². The summed E-state index contributed by atoms with van der Waals surface area (Å²) in [5, 5.41) is 16.4. The summed E-state index contributed by atoms with van der Waals surface area (Å²) in [6.45, 7) is 1.42. The Bertz CT molecular complexity index is 1070. The van der Waals surface area contributed by atoms with Crippen molar-refractivity contribution in [2.75, 3.05) is 21.7 Å². The molecular formula is C19H16BrN5O3S2. The Balaban J connectivity index is 1.50. The van der Waals surface area contributed by atoms with Crippen molar-refractivity contribution < 1.29 is 14.4 Å². The predicted molar refractivity (Wildman–Crippen MR) is 122 cm³/mol. The molecular weight excluding hydrogens is 490 g/mol. The topological polar surface area (TPSA) is 113 Å². The predicted octanol–water partition coefficient (Wildman–Crippen LogP) is 4.24. The zero-order valence-corrected chi connectivity index (χ0v) is 18.9. The monoisotopic (exact) mass is 505 g/mol.